The third-order valence-electron chi connectivity index (χ3n) is 5.02. The summed E-state index contributed by atoms with van der Waals surface area (Å²) in [5.74, 6) is 0.130. The summed E-state index contributed by atoms with van der Waals surface area (Å²) in [4.78, 5) is 19.6. The van der Waals surface area contributed by atoms with Crippen LogP contribution >= 0.6 is 11.3 Å². The summed E-state index contributed by atoms with van der Waals surface area (Å²) in [7, 11) is 0. The molecule has 6 heteroatoms. The van der Waals surface area contributed by atoms with Crippen molar-refractivity contribution >= 4 is 40.8 Å². The van der Waals surface area contributed by atoms with Crippen LogP contribution in [0, 0.1) is 5.41 Å². The van der Waals surface area contributed by atoms with Crippen LogP contribution in [-0.2, 0) is 0 Å². The maximum Gasteiger partial charge on any atom is 0.264 e. The molecule has 0 saturated carbocycles. The molecule has 0 radical (unpaired) electrons. The zero-order chi connectivity index (χ0) is 20.9. The first-order chi connectivity index (χ1) is 14.6. The van der Waals surface area contributed by atoms with E-state index in [9.17, 15) is 4.79 Å². The van der Waals surface area contributed by atoms with Gasteiger partial charge in [-0.2, -0.15) is 0 Å². The fourth-order valence-electron chi connectivity index (χ4n) is 3.38. The second-order valence-electron chi connectivity index (χ2n) is 7.09. The summed E-state index contributed by atoms with van der Waals surface area (Å²) in [5.41, 5.74) is 10.6. The zero-order valence-electron chi connectivity index (χ0n) is 16.4. The summed E-state index contributed by atoms with van der Waals surface area (Å²) in [6, 6.07) is 13.5. The lowest BCUT2D eigenvalue weighted by molar-refractivity contribution is 0.0777. The van der Waals surface area contributed by atoms with Gasteiger partial charge in [-0.05, 0) is 52.3 Å². The van der Waals surface area contributed by atoms with Crippen molar-refractivity contribution < 1.29 is 4.79 Å². The van der Waals surface area contributed by atoms with Gasteiger partial charge in [-0.25, -0.2) is 0 Å². The molecular weight excluding hydrogens is 392 g/mol. The fourth-order valence-corrected chi connectivity index (χ4v) is 4.22. The number of nitrogens with one attached hydrogen (secondary N) is 1. The zero-order valence-corrected chi connectivity index (χ0v) is 17.2. The predicted octanol–water partition coefficient (Wildman–Crippen LogP) is 4.53. The molecule has 150 valence electrons. The van der Waals surface area contributed by atoms with E-state index in [2.05, 4.69) is 11.1 Å². The van der Waals surface area contributed by atoms with Gasteiger partial charge in [0.05, 0.1) is 4.88 Å². The van der Waals surface area contributed by atoms with Crippen LogP contribution in [0.15, 0.2) is 66.3 Å². The summed E-state index contributed by atoms with van der Waals surface area (Å²) >= 11 is 1.47. The number of nitrogen functional groups attached to an aromatic ring is 1. The van der Waals surface area contributed by atoms with Crippen LogP contribution < -0.4 is 5.73 Å². The van der Waals surface area contributed by atoms with Gasteiger partial charge in [0.15, 0.2) is 0 Å². The van der Waals surface area contributed by atoms with Crippen LogP contribution in [0.25, 0.3) is 17.7 Å². The molecule has 0 spiro atoms. The molecule has 30 heavy (non-hydrogen) atoms. The number of hydrogen-bond donors (Lipinski definition) is 2. The lowest BCUT2D eigenvalue weighted by Gasteiger charge is -2.26. The molecule has 4 rings (SSSR count). The van der Waals surface area contributed by atoms with Gasteiger partial charge in [0.2, 0.25) is 0 Å². The van der Waals surface area contributed by atoms with Crippen molar-refractivity contribution in [1.82, 2.24) is 9.88 Å². The molecule has 1 aliphatic heterocycles. The second-order valence-corrected chi connectivity index (χ2v) is 8.00. The van der Waals surface area contributed by atoms with Crippen LogP contribution in [0.3, 0.4) is 0 Å². The smallest absolute Gasteiger partial charge is 0.264 e. The van der Waals surface area contributed by atoms with Gasteiger partial charge >= 0.3 is 0 Å². The van der Waals surface area contributed by atoms with E-state index in [1.165, 1.54) is 16.9 Å². The third kappa shape index (κ3) is 4.55. The van der Waals surface area contributed by atoms with Crippen molar-refractivity contribution in [3.05, 3.63) is 93.4 Å². The number of amides is 1. The predicted molar refractivity (Wildman–Crippen MR) is 123 cm³/mol. The van der Waals surface area contributed by atoms with Crippen molar-refractivity contribution in [2.75, 3.05) is 13.1 Å². The molecule has 1 aromatic carbocycles. The number of amidine groups is 1. The average molecular weight is 415 g/mol. The maximum atomic E-state index is 12.9. The Labute approximate surface area is 179 Å². The monoisotopic (exact) mass is 414 g/mol. The number of hydrogen-bond acceptors (Lipinski definition) is 4. The molecule has 1 aliphatic rings. The molecule has 3 heterocycles. The number of rotatable bonds is 5. The highest BCUT2D eigenvalue weighted by atomic mass is 32.1. The first-order valence-electron chi connectivity index (χ1n) is 9.70. The van der Waals surface area contributed by atoms with Crippen LogP contribution in [0.2, 0.25) is 0 Å². The summed E-state index contributed by atoms with van der Waals surface area (Å²) < 4.78 is 0. The lowest BCUT2D eigenvalue weighted by atomic mass is 9.97. The van der Waals surface area contributed by atoms with Crippen molar-refractivity contribution in [1.29, 1.82) is 5.41 Å². The van der Waals surface area contributed by atoms with Crippen molar-refractivity contribution in [3.8, 4) is 0 Å². The van der Waals surface area contributed by atoms with Gasteiger partial charge in [-0.3, -0.25) is 15.2 Å². The molecule has 0 aliphatic carbocycles. The average Bonchev–Trinajstić information content (AvgIpc) is 3.27. The van der Waals surface area contributed by atoms with Gasteiger partial charge in [0.25, 0.3) is 5.91 Å². The standard InChI is InChI=1S/C24H22N4OS/c25-23(26)21-5-1-4-20(14-21)19-8-11-28(12-9-19)24(29)22-13-18(16-30-22)7-6-17-3-2-10-27-15-17/h1-8,10,13-16H,9,11-12H2,(H3,25,26)/b7-6+. The third-order valence-corrected chi connectivity index (χ3v) is 5.96. The number of pyridine rings is 1. The highest BCUT2D eigenvalue weighted by Crippen LogP contribution is 2.25. The Balaban J connectivity index is 1.42. The SMILES string of the molecule is N=C(N)c1cccc(C2=CCN(C(=O)c3cc(/C=C/c4cccnc4)cs3)CC2)c1. The second kappa shape index (κ2) is 8.88. The maximum absolute atomic E-state index is 12.9. The minimum atomic E-state index is 0.0637. The summed E-state index contributed by atoms with van der Waals surface area (Å²) in [5, 5.41) is 9.61. The molecule has 3 N–H and O–H groups in total. The number of benzene rings is 1. The van der Waals surface area contributed by atoms with Gasteiger partial charge in [-0.1, -0.05) is 42.5 Å². The molecule has 3 aromatic rings. The highest BCUT2D eigenvalue weighted by Gasteiger charge is 2.20. The van der Waals surface area contributed by atoms with E-state index in [-0.39, 0.29) is 11.7 Å². The fraction of sp³-hybridized carbons (Fsp3) is 0.125. The minimum absolute atomic E-state index is 0.0637. The van der Waals surface area contributed by atoms with Crippen molar-refractivity contribution in [2.45, 2.75) is 6.42 Å². The van der Waals surface area contributed by atoms with Crippen molar-refractivity contribution in [2.24, 2.45) is 5.73 Å². The molecule has 5 nitrogen and oxygen atoms in total. The number of aromatic nitrogens is 1. The first-order valence-corrected chi connectivity index (χ1v) is 10.6. The minimum Gasteiger partial charge on any atom is -0.384 e. The number of carbonyl (C=O) groups excluding carboxylic acids is 1. The van der Waals surface area contributed by atoms with Crippen LogP contribution in [0.4, 0.5) is 0 Å². The number of carbonyl (C=O) groups is 1. The van der Waals surface area contributed by atoms with Gasteiger partial charge in [0.1, 0.15) is 5.84 Å². The van der Waals surface area contributed by atoms with Crippen LogP contribution in [-0.4, -0.2) is 34.7 Å². The Morgan fingerprint density at radius 1 is 1.17 bits per heavy atom. The van der Waals surface area contributed by atoms with E-state index < -0.39 is 0 Å². The Hall–Kier alpha value is -3.51. The molecule has 1 amide bonds. The lowest BCUT2D eigenvalue weighted by Crippen LogP contribution is -2.34. The van der Waals surface area contributed by atoms with E-state index >= 15 is 0 Å². The summed E-state index contributed by atoms with van der Waals surface area (Å²) in [6.07, 6.45) is 10.4. The Morgan fingerprint density at radius 2 is 2.03 bits per heavy atom. The number of nitrogens with two attached hydrogens (primary N) is 1. The first kappa shape index (κ1) is 19.8. The molecule has 0 bridgehead atoms. The van der Waals surface area contributed by atoms with Gasteiger partial charge < -0.3 is 10.6 Å². The summed E-state index contributed by atoms with van der Waals surface area (Å²) in [6.45, 7) is 1.25. The Bertz CT molecular complexity index is 1130. The van der Waals surface area contributed by atoms with Crippen LogP contribution in [0.5, 0.6) is 0 Å². The molecule has 0 saturated heterocycles. The highest BCUT2D eigenvalue weighted by molar-refractivity contribution is 7.12. The number of nitrogens with zero attached hydrogens (tertiary/aromatic N) is 2. The molecule has 0 unspecified atom stereocenters. The van der Waals surface area contributed by atoms with E-state index in [4.69, 9.17) is 11.1 Å². The quantitative estimate of drug-likeness (QED) is 0.475. The van der Waals surface area contributed by atoms with E-state index in [1.807, 2.05) is 64.9 Å². The number of thiophene rings is 1. The topological polar surface area (TPSA) is 83.1 Å². The normalized spacial score (nSPS) is 14.0. The Kier molecular flexibility index (Phi) is 5.86. The van der Waals surface area contributed by atoms with Crippen LogP contribution in [0.1, 0.15) is 38.3 Å². The molecule has 0 fully saturated rings. The van der Waals surface area contributed by atoms with E-state index in [1.54, 1.807) is 12.4 Å². The van der Waals surface area contributed by atoms with Gasteiger partial charge in [0, 0.05) is 31.0 Å². The van der Waals surface area contributed by atoms with E-state index in [0.717, 1.165) is 33.6 Å². The molecule has 0 atom stereocenters. The molecular formula is C24H22N4OS. The largest absolute Gasteiger partial charge is 0.384 e. The van der Waals surface area contributed by atoms with Crippen molar-refractivity contribution in [3.63, 3.8) is 0 Å². The van der Waals surface area contributed by atoms with E-state index in [0.29, 0.717) is 13.1 Å². The van der Waals surface area contributed by atoms with Gasteiger partial charge in [-0.15, -0.1) is 11.3 Å². The Morgan fingerprint density at radius 3 is 2.77 bits per heavy atom. The molecule has 2 aromatic heterocycles.